The molecule has 0 aromatic carbocycles. The molecule has 5 nitrogen and oxygen atoms in total. The molecule has 1 aliphatic heterocycles. The van der Waals surface area contributed by atoms with Gasteiger partial charge in [0.25, 0.3) is 0 Å². The summed E-state index contributed by atoms with van der Waals surface area (Å²) in [6.45, 7) is 2.09. The van der Waals surface area contributed by atoms with Gasteiger partial charge in [0.1, 0.15) is 12.2 Å². The number of ether oxygens (including phenoxy) is 2. The minimum absolute atomic E-state index is 0.276. The average Bonchev–Trinajstić information content (AvgIpc) is 2.06. The van der Waals surface area contributed by atoms with Crippen LogP contribution in [-0.4, -0.2) is 55.5 Å². The van der Waals surface area contributed by atoms with Gasteiger partial charge >= 0.3 is 0 Å². The van der Waals surface area contributed by atoms with Crippen LogP contribution < -0.4 is 0 Å². The summed E-state index contributed by atoms with van der Waals surface area (Å²) in [6.07, 6.45) is 0.317. The van der Waals surface area contributed by atoms with E-state index in [0.717, 1.165) is 0 Å². The van der Waals surface area contributed by atoms with E-state index in [2.05, 4.69) is 5.10 Å². The van der Waals surface area contributed by atoms with Gasteiger partial charge in [0, 0.05) is 14.1 Å². The first-order valence-electron chi connectivity index (χ1n) is 4.26. The van der Waals surface area contributed by atoms with Crippen LogP contribution in [0.5, 0.6) is 0 Å². The molecule has 1 saturated heterocycles. The van der Waals surface area contributed by atoms with Crippen LogP contribution in [-0.2, 0) is 9.47 Å². The van der Waals surface area contributed by atoms with Crippen molar-refractivity contribution in [1.29, 1.82) is 0 Å². The van der Waals surface area contributed by atoms with Crippen LogP contribution in [0.15, 0.2) is 5.10 Å². The highest BCUT2D eigenvalue weighted by atomic mass is 16.7. The van der Waals surface area contributed by atoms with Crippen molar-refractivity contribution in [3.63, 3.8) is 0 Å². The standard InChI is InChI=1S/C8H16N2O3/c1-6-12-5-7(11)8(13-6)4-9-10(2)3/h4,6-8,11H,5H2,1-3H3/b9-4+/t6?,7-,8+/m1/s1. The van der Waals surface area contributed by atoms with Crippen LogP contribution in [0.4, 0.5) is 0 Å². The van der Waals surface area contributed by atoms with E-state index in [9.17, 15) is 5.11 Å². The Kier molecular flexibility index (Phi) is 3.65. The zero-order chi connectivity index (χ0) is 9.84. The predicted molar refractivity (Wildman–Crippen MR) is 48.5 cm³/mol. The maximum atomic E-state index is 9.44. The molecule has 0 bridgehead atoms. The summed E-state index contributed by atoms with van der Waals surface area (Å²) in [6, 6.07) is 0. The van der Waals surface area contributed by atoms with Crippen molar-refractivity contribution in [1.82, 2.24) is 5.01 Å². The van der Waals surface area contributed by atoms with Gasteiger partial charge in [-0.3, -0.25) is 0 Å². The van der Waals surface area contributed by atoms with Gasteiger partial charge in [0.05, 0.1) is 12.8 Å². The van der Waals surface area contributed by atoms with Crippen molar-refractivity contribution < 1.29 is 14.6 Å². The van der Waals surface area contributed by atoms with E-state index in [1.165, 1.54) is 0 Å². The van der Waals surface area contributed by atoms with Crippen LogP contribution in [0, 0.1) is 0 Å². The molecule has 0 amide bonds. The van der Waals surface area contributed by atoms with Crippen molar-refractivity contribution in [2.45, 2.75) is 25.4 Å². The molecule has 0 saturated carbocycles. The summed E-state index contributed by atoms with van der Waals surface area (Å²) in [5, 5.41) is 15.1. The van der Waals surface area contributed by atoms with Gasteiger partial charge < -0.3 is 19.6 Å². The van der Waals surface area contributed by atoms with E-state index in [-0.39, 0.29) is 12.4 Å². The summed E-state index contributed by atoms with van der Waals surface area (Å²) in [7, 11) is 3.62. The molecule has 5 heteroatoms. The highest BCUT2D eigenvalue weighted by molar-refractivity contribution is 5.63. The lowest BCUT2D eigenvalue weighted by atomic mass is 10.2. The molecular weight excluding hydrogens is 172 g/mol. The van der Waals surface area contributed by atoms with Crippen molar-refractivity contribution in [2.24, 2.45) is 5.10 Å². The second-order valence-electron chi connectivity index (χ2n) is 3.18. The molecule has 0 radical (unpaired) electrons. The van der Waals surface area contributed by atoms with Crippen molar-refractivity contribution in [3.05, 3.63) is 0 Å². The number of aliphatic hydroxyl groups is 1. The van der Waals surface area contributed by atoms with Gasteiger partial charge in [-0.1, -0.05) is 0 Å². The van der Waals surface area contributed by atoms with Gasteiger partial charge in [-0.05, 0) is 6.92 Å². The predicted octanol–water partition coefficient (Wildman–Crippen LogP) is -0.344. The molecule has 0 aliphatic carbocycles. The van der Waals surface area contributed by atoms with E-state index >= 15 is 0 Å². The highest BCUT2D eigenvalue weighted by Crippen LogP contribution is 2.11. The smallest absolute Gasteiger partial charge is 0.155 e. The molecule has 0 aromatic rings. The minimum Gasteiger partial charge on any atom is -0.388 e. The van der Waals surface area contributed by atoms with Crippen molar-refractivity contribution >= 4 is 6.21 Å². The molecule has 1 unspecified atom stereocenters. The lowest BCUT2D eigenvalue weighted by Crippen LogP contribution is -2.43. The molecule has 1 fully saturated rings. The summed E-state index contributed by atoms with van der Waals surface area (Å²) in [5.41, 5.74) is 0. The van der Waals surface area contributed by atoms with E-state index in [1.807, 2.05) is 14.1 Å². The fourth-order valence-electron chi connectivity index (χ4n) is 1.01. The van der Waals surface area contributed by atoms with Crippen LogP contribution in [0.1, 0.15) is 6.92 Å². The minimum atomic E-state index is -0.625. The molecule has 76 valence electrons. The Labute approximate surface area is 77.9 Å². The maximum absolute atomic E-state index is 9.44. The first-order valence-corrected chi connectivity index (χ1v) is 4.26. The summed E-state index contributed by atoms with van der Waals surface area (Å²) in [4.78, 5) is 0. The topological polar surface area (TPSA) is 54.3 Å². The van der Waals surface area contributed by atoms with Gasteiger partial charge in [-0.15, -0.1) is 0 Å². The fraction of sp³-hybridized carbons (Fsp3) is 0.875. The molecular formula is C8H16N2O3. The van der Waals surface area contributed by atoms with Gasteiger partial charge in [0.2, 0.25) is 0 Å². The molecule has 1 aliphatic rings. The zero-order valence-electron chi connectivity index (χ0n) is 8.17. The fourth-order valence-corrected chi connectivity index (χ4v) is 1.01. The number of hydrazone groups is 1. The summed E-state index contributed by atoms with van der Waals surface area (Å²) in [5.74, 6) is 0. The van der Waals surface area contributed by atoms with E-state index in [4.69, 9.17) is 9.47 Å². The zero-order valence-corrected chi connectivity index (χ0v) is 8.17. The number of hydrogen-bond donors (Lipinski definition) is 1. The van der Waals surface area contributed by atoms with Crippen molar-refractivity contribution in [2.75, 3.05) is 20.7 Å². The van der Waals surface area contributed by atoms with E-state index in [0.29, 0.717) is 6.61 Å². The molecule has 13 heavy (non-hydrogen) atoms. The monoisotopic (exact) mass is 188 g/mol. The second-order valence-corrected chi connectivity index (χ2v) is 3.18. The van der Waals surface area contributed by atoms with E-state index in [1.54, 1.807) is 18.1 Å². The third kappa shape index (κ3) is 3.30. The molecule has 1 heterocycles. The lowest BCUT2D eigenvalue weighted by molar-refractivity contribution is -0.224. The SMILES string of the molecule is CC1OC[C@@H](O)[C@H](/C=N/N(C)C)O1. The Morgan fingerprint density at radius 1 is 1.54 bits per heavy atom. The number of rotatable bonds is 2. The molecule has 3 atom stereocenters. The normalized spacial score (nSPS) is 35.2. The maximum Gasteiger partial charge on any atom is 0.155 e. The Balaban J connectivity index is 2.46. The Morgan fingerprint density at radius 3 is 2.85 bits per heavy atom. The molecule has 0 spiro atoms. The summed E-state index contributed by atoms with van der Waals surface area (Å²) >= 11 is 0. The third-order valence-electron chi connectivity index (χ3n) is 1.67. The Bertz CT molecular complexity index is 184. The second kappa shape index (κ2) is 4.55. The lowest BCUT2D eigenvalue weighted by Gasteiger charge is -2.29. The van der Waals surface area contributed by atoms with Gasteiger partial charge in [-0.25, -0.2) is 0 Å². The van der Waals surface area contributed by atoms with Gasteiger partial charge in [-0.2, -0.15) is 5.10 Å². The molecule has 1 rings (SSSR count). The largest absolute Gasteiger partial charge is 0.388 e. The van der Waals surface area contributed by atoms with Gasteiger partial charge in [0.15, 0.2) is 6.29 Å². The van der Waals surface area contributed by atoms with Crippen LogP contribution in [0.3, 0.4) is 0 Å². The first-order chi connectivity index (χ1) is 6.09. The Morgan fingerprint density at radius 2 is 2.23 bits per heavy atom. The Hall–Kier alpha value is -0.650. The molecule has 0 aromatic heterocycles. The number of aliphatic hydroxyl groups excluding tert-OH is 1. The van der Waals surface area contributed by atoms with E-state index < -0.39 is 6.10 Å². The van der Waals surface area contributed by atoms with Crippen LogP contribution in [0.2, 0.25) is 0 Å². The average molecular weight is 188 g/mol. The van der Waals surface area contributed by atoms with Crippen LogP contribution >= 0.6 is 0 Å². The van der Waals surface area contributed by atoms with Crippen molar-refractivity contribution in [3.8, 4) is 0 Å². The van der Waals surface area contributed by atoms with Crippen LogP contribution in [0.25, 0.3) is 0 Å². The quantitative estimate of drug-likeness (QED) is 0.475. The third-order valence-corrected chi connectivity index (χ3v) is 1.67. The first kappa shape index (κ1) is 10.4. The number of nitrogens with zero attached hydrogens (tertiary/aromatic N) is 2. The number of hydrogen-bond acceptors (Lipinski definition) is 5. The highest BCUT2D eigenvalue weighted by Gasteiger charge is 2.26. The molecule has 1 N–H and O–H groups in total. The summed E-state index contributed by atoms with van der Waals surface area (Å²) < 4.78 is 10.4.